The predicted octanol–water partition coefficient (Wildman–Crippen LogP) is 3.45. The molecule has 1 aliphatic heterocycles. The Morgan fingerprint density at radius 2 is 2.19 bits per heavy atom. The molecule has 0 aliphatic carbocycles. The Labute approximate surface area is 98.7 Å². The maximum absolute atomic E-state index is 3.60. The van der Waals surface area contributed by atoms with E-state index in [0.29, 0.717) is 12.0 Å². The van der Waals surface area contributed by atoms with Crippen molar-refractivity contribution in [2.75, 3.05) is 23.8 Å². The molecular formula is C14H22N2. The maximum atomic E-state index is 3.60. The van der Waals surface area contributed by atoms with Crippen LogP contribution in [0, 0.1) is 0 Å². The number of likely N-dealkylation sites (N-methyl/N-ethyl adjacent to an activating group) is 1. The summed E-state index contributed by atoms with van der Waals surface area (Å²) in [6.45, 7) is 7.82. The van der Waals surface area contributed by atoms with Gasteiger partial charge in [-0.1, -0.05) is 32.9 Å². The molecule has 0 fully saturated rings. The Hall–Kier alpha value is -1.18. The van der Waals surface area contributed by atoms with Crippen molar-refractivity contribution < 1.29 is 0 Å². The molecule has 1 N–H and O–H groups in total. The lowest BCUT2D eigenvalue weighted by molar-refractivity contribution is 0.620. The van der Waals surface area contributed by atoms with E-state index in [2.05, 4.69) is 56.2 Å². The number of rotatable bonds is 2. The Bertz CT molecular complexity index is 371. The topological polar surface area (TPSA) is 15.3 Å². The third-order valence-corrected chi connectivity index (χ3v) is 3.61. The van der Waals surface area contributed by atoms with E-state index in [4.69, 9.17) is 0 Å². The zero-order valence-electron chi connectivity index (χ0n) is 10.7. The first-order valence-corrected chi connectivity index (χ1v) is 6.24. The van der Waals surface area contributed by atoms with Crippen molar-refractivity contribution in [1.82, 2.24) is 0 Å². The molecule has 0 bridgehead atoms. The van der Waals surface area contributed by atoms with Gasteiger partial charge in [-0.3, -0.25) is 0 Å². The molecule has 88 valence electrons. The Morgan fingerprint density at radius 3 is 2.81 bits per heavy atom. The van der Waals surface area contributed by atoms with Gasteiger partial charge in [0.15, 0.2) is 0 Å². The quantitative estimate of drug-likeness (QED) is 0.818. The normalized spacial score (nSPS) is 19.6. The van der Waals surface area contributed by atoms with E-state index >= 15 is 0 Å². The van der Waals surface area contributed by atoms with Crippen LogP contribution >= 0.6 is 0 Å². The minimum Gasteiger partial charge on any atom is -0.381 e. The highest BCUT2D eigenvalue weighted by atomic mass is 15.2. The third-order valence-electron chi connectivity index (χ3n) is 3.61. The van der Waals surface area contributed by atoms with Crippen molar-refractivity contribution in [2.24, 2.45) is 0 Å². The van der Waals surface area contributed by atoms with Gasteiger partial charge in [-0.15, -0.1) is 0 Å². The summed E-state index contributed by atoms with van der Waals surface area (Å²) in [6, 6.07) is 7.24. The van der Waals surface area contributed by atoms with E-state index in [-0.39, 0.29) is 0 Å². The van der Waals surface area contributed by atoms with Crippen molar-refractivity contribution >= 4 is 11.4 Å². The number of fused-ring (bicyclic) bond motifs is 1. The minimum absolute atomic E-state index is 0.578. The van der Waals surface area contributed by atoms with Gasteiger partial charge in [0, 0.05) is 19.6 Å². The molecule has 2 nitrogen and oxygen atoms in total. The molecule has 16 heavy (non-hydrogen) atoms. The number of nitrogens with one attached hydrogen (secondary N) is 1. The zero-order chi connectivity index (χ0) is 11.7. The second-order valence-electron chi connectivity index (χ2n) is 4.95. The molecule has 0 amide bonds. The van der Waals surface area contributed by atoms with Crippen LogP contribution < -0.4 is 10.2 Å². The molecule has 0 aromatic heterocycles. The molecule has 1 aromatic carbocycles. The molecule has 1 unspecified atom stereocenters. The summed E-state index contributed by atoms with van der Waals surface area (Å²) in [6.07, 6.45) is 1.19. The summed E-state index contributed by atoms with van der Waals surface area (Å²) < 4.78 is 0. The van der Waals surface area contributed by atoms with Gasteiger partial charge in [0.05, 0.1) is 11.4 Å². The molecule has 1 heterocycles. The van der Waals surface area contributed by atoms with Crippen molar-refractivity contribution in [2.45, 2.75) is 39.2 Å². The van der Waals surface area contributed by atoms with Crippen molar-refractivity contribution in [3.05, 3.63) is 23.8 Å². The second-order valence-corrected chi connectivity index (χ2v) is 4.95. The molecule has 0 saturated carbocycles. The van der Waals surface area contributed by atoms with Gasteiger partial charge in [0.2, 0.25) is 0 Å². The van der Waals surface area contributed by atoms with Gasteiger partial charge in [-0.05, 0) is 24.0 Å². The van der Waals surface area contributed by atoms with Gasteiger partial charge >= 0.3 is 0 Å². The Balaban J connectivity index is 2.42. The molecule has 0 radical (unpaired) electrons. The van der Waals surface area contributed by atoms with Crippen LogP contribution in [0.25, 0.3) is 0 Å². The Morgan fingerprint density at radius 1 is 1.44 bits per heavy atom. The molecule has 1 atom stereocenters. The average molecular weight is 218 g/mol. The molecule has 2 heteroatoms. The smallest absolute Gasteiger partial charge is 0.0613 e. The fourth-order valence-electron chi connectivity index (χ4n) is 2.50. The van der Waals surface area contributed by atoms with Gasteiger partial charge in [0.1, 0.15) is 0 Å². The highest BCUT2D eigenvalue weighted by Crippen LogP contribution is 2.37. The average Bonchev–Trinajstić information content (AvgIpc) is 2.29. The highest BCUT2D eigenvalue weighted by Gasteiger charge is 2.23. The number of hydrogen-bond donors (Lipinski definition) is 1. The minimum atomic E-state index is 0.578. The lowest BCUT2D eigenvalue weighted by Gasteiger charge is -2.37. The maximum Gasteiger partial charge on any atom is 0.0613 e. The van der Waals surface area contributed by atoms with E-state index in [1.807, 2.05) is 0 Å². The number of anilines is 2. The van der Waals surface area contributed by atoms with Crippen LogP contribution in [0.5, 0.6) is 0 Å². The number of nitrogens with zero attached hydrogens (tertiary/aromatic N) is 1. The van der Waals surface area contributed by atoms with Gasteiger partial charge in [-0.25, -0.2) is 0 Å². The van der Waals surface area contributed by atoms with Crippen molar-refractivity contribution in [1.29, 1.82) is 0 Å². The monoisotopic (exact) mass is 218 g/mol. The first-order valence-electron chi connectivity index (χ1n) is 6.24. The molecule has 2 rings (SSSR count). The van der Waals surface area contributed by atoms with E-state index < -0.39 is 0 Å². The SMILES string of the molecule is CCC1CNc2c(C(C)C)cccc2N1C. The van der Waals surface area contributed by atoms with Gasteiger partial charge < -0.3 is 10.2 Å². The summed E-state index contributed by atoms with van der Waals surface area (Å²) in [7, 11) is 2.21. The lowest BCUT2D eigenvalue weighted by Crippen LogP contribution is -2.41. The molecule has 1 aliphatic rings. The van der Waals surface area contributed by atoms with Crippen LogP contribution in [-0.2, 0) is 0 Å². The summed E-state index contributed by atoms with van der Waals surface area (Å²) in [5, 5.41) is 3.60. The molecule has 0 saturated heterocycles. The first kappa shape index (κ1) is 11.3. The van der Waals surface area contributed by atoms with E-state index in [1.54, 1.807) is 0 Å². The molecule has 0 spiro atoms. The van der Waals surface area contributed by atoms with Crippen molar-refractivity contribution in [3.8, 4) is 0 Å². The molecule has 1 aromatic rings. The fraction of sp³-hybridized carbons (Fsp3) is 0.571. The van der Waals surface area contributed by atoms with Crippen LogP contribution in [0.3, 0.4) is 0 Å². The van der Waals surface area contributed by atoms with Crippen LogP contribution in [0.15, 0.2) is 18.2 Å². The summed E-state index contributed by atoms with van der Waals surface area (Å²) >= 11 is 0. The standard InChI is InChI=1S/C14H22N2/c1-5-11-9-15-14-12(10(2)3)7-6-8-13(14)16(11)4/h6-8,10-11,15H,5,9H2,1-4H3. The van der Waals surface area contributed by atoms with Crippen LogP contribution in [0.2, 0.25) is 0 Å². The van der Waals surface area contributed by atoms with Crippen LogP contribution in [0.4, 0.5) is 11.4 Å². The summed E-state index contributed by atoms with van der Waals surface area (Å²) in [4.78, 5) is 2.41. The first-order chi connectivity index (χ1) is 7.65. The second kappa shape index (κ2) is 4.36. The van der Waals surface area contributed by atoms with Crippen LogP contribution in [-0.4, -0.2) is 19.6 Å². The number of benzene rings is 1. The number of para-hydroxylation sites is 1. The Kier molecular flexibility index (Phi) is 3.08. The number of hydrogen-bond acceptors (Lipinski definition) is 2. The third kappa shape index (κ3) is 1.77. The predicted molar refractivity (Wildman–Crippen MR) is 71.5 cm³/mol. The van der Waals surface area contributed by atoms with E-state index in [9.17, 15) is 0 Å². The largest absolute Gasteiger partial charge is 0.381 e. The van der Waals surface area contributed by atoms with Gasteiger partial charge in [0.25, 0.3) is 0 Å². The van der Waals surface area contributed by atoms with E-state index in [0.717, 1.165) is 6.54 Å². The highest BCUT2D eigenvalue weighted by molar-refractivity contribution is 5.76. The zero-order valence-corrected chi connectivity index (χ0v) is 10.7. The fourth-order valence-corrected chi connectivity index (χ4v) is 2.50. The molecular weight excluding hydrogens is 196 g/mol. The summed E-state index contributed by atoms with van der Waals surface area (Å²) in [5.74, 6) is 0.578. The summed E-state index contributed by atoms with van der Waals surface area (Å²) in [5.41, 5.74) is 4.12. The van der Waals surface area contributed by atoms with Crippen LogP contribution in [0.1, 0.15) is 38.7 Å². The van der Waals surface area contributed by atoms with Crippen molar-refractivity contribution in [3.63, 3.8) is 0 Å². The lowest BCUT2D eigenvalue weighted by atomic mass is 9.97. The van der Waals surface area contributed by atoms with E-state index in [1.165, 1.54) is 23.4 Å². The van der Waals surface area contributed by atoms with Gasteiger partial charge in [-0.2, -0.15) is 0 Å².